The number of hydrogen-bond donors (Lipinski definition) is 2. The Hall–Kier alpha value is -3.17. The number of fused-ring (bicyclic) bond motifs is 1. The summed E-state index contributed by atoms with van der Waals surface area (Å²) < 4.78 is 14.0. The summed E-state index contributed by atoms with van der Waals surface area (Å²) in [5.41, 5.74) is 14.9. The highest BCUT2D eigenvalue weighted by molar-refractivity contribution is 6.00. The first kappa shape index (κ1) is 23.2. The average Bonchev–Trinajstić information content (AvgIpc) is 3.60. The van der Waals surface area contributed by atoms with Gasteiger partial charge >= 0.3 is 0 Å². The van der Waals surface area contributed by atoms with Crippen molar-refractivity contribution in [3.8, 4) is 16.9 Å². The van der Waals surface area contributed by atoms with Gasteiger partial charge in [-0.05, 0) is 68.7 Å². The van der Waals surface area contributed by atoms with Crippen molar-refractivity contribution < 1.29 is 14.3 Å². The Bertz CT molecular complexity index is 1250. The molecule has 0 radical (unpaired) electrons. The van der Waals surface area contributed by atoms with Crippen molar-refractivity contribution in [2.75, 3.05) is 32.0 Å². The van der Waals surface area contributed by atoms with Crippen LogP contribution in [-0.4, -0.2) is 63.8 Å². The van der Waals surface area contributed by atoms with Crippen LogP contribution in [0.5, 0.6) is 5.75 Å². The monoisotopic (exact) mass is 490 g/mol. The summed E-state index contributed by atoms with van der Waals surface area (Å²) in [6.45, 7) is 3.27. The molecule has 3 fully saturated rings. The van der Waals surface area contributed by atoms with E-state index in [0.717, 1.165) is 86.1 Å². The number of nitrogens with two attached hydrogens (primary N) is 2. The van der Waals surface area contributed by atoms with Crippen LogP contribution < -0.4 is 16.2 Å². The van der Waals surface area contributed by atoms with Gasteiger partial charge in [0.05, 0.1) is 17.5 Å². The SMILES string of the molecule is NC(=O)[C@H]1CCCN1C[C@H]1C[C@@H](n2cc(-c3cccc(OCC4CCCO4)c3)c3c(N)ncnc32)C1. The maximum atomic E-state index is 11.8. The van der Waals surface area contributed by atoms with Crippen LogP contribution in [0.25, 0.3) is 22.2 Å². The molecule has 2 atom stereocenters. The van der Waals surface area contributed by atoms with Gasteiger partial charge in [-0.25, -0.2) is 9.97 Å². The molecule has 190 valence electrons. The van der Waals surface area contributed by atoms with Crippen LogP contribution in [0.1, 0.15) is 44.6 Å². The molecule has 2 saturated heterocycles. The molecule has 6 rings (SSSR count). The highest BCUT2D eigenvalue weighted by atomic mass is 16.5. The van der Waals surface area contributed by atoms with E-state index in [4.69, 9.17) is 20.9 Å². The standard InChI is InChI=1S/C27H34N6O3/c28-25-24-22(18-4-1-5-20(12-18)36-15-21-6-3-9-35-21)14-33(27(24)31-16-30-25)19-10-17(11-19)13-32-8-2-7-23(32)26(29)34/h1,4-5,12,14,16-17,19,21,23H,2-3,6-11,13,15H2,(H2,29,34)(H2,28,30,31)/t17-,19+,21?,23-/m1/s1. The van der Waals surface area contributed by atoms with Gasteiger partial charge < -0.3 is 25.5 Å². The molecule has 3 aliphatic rings. The molecule has 36 heavy (non-hydrogen) atoms. The third kappa shape index (κ3) is 4.41. The zero-order valence-corrected chi connectivity index (χ0v) is 20.5. The molecule has 1 aliphatic carbocycles. The van der Waals surface area contributed by atoms with Crippen LogP contribution in [0.4, 0.5) is 5.82 Å². The van der Waals surface area contributed by atoms with E-state index in [1.807, 2.05) is 12.1 Å². The summed E-state index contributed by atoms with van der Waals surface area (Å²) in [4.78, 5) is 22.9. The number of likely N-dealkylation sites (tertiary alicyclic amines) is 1. The number of nitrogen functional groups attached to an aromatic ring is 1. The lowest BCUT2D eigenvalue weighted by Gasteiger charge is -2.39. The lowest BCUT2D eigenvalue weighted by atomic mass is 9.79. The summed E-state index contributed by atoms with van der Waals surface area (Å²) in [6.07, 6.45) is 10.0. The highest BCUT2D eigenvalue weighted by Crippen LogP contribution is 2.44. The third-order valence-electron chi connectivity index (χ3n) is 8.03. The first-order valence-corrected chi connectivity index (χ1v) is 13.1. The lowest BCUT2D eigenvalue weighted by molar-refractivity contribution is -0.122. The van der Waals surface area contributed by atoms with E-state index in [2.05, 4.69) is 37.8 Å². The van der Waals surface area contributed by atoms with Crippen molar-refractivity contribution in [2.45, 2.75) is 56.7 Å². The highest BCUT2D eigenvalue weighted by Gasteiger charge is 2.37. The number of rotatable bonds is 8. The molecule has 9 heteroatoms. The van der Waals surface area contributed by atoms with E-state index in [1.54, 1.807) is 0 Å². The Labute approximate surface area is 210 Å². The van der Waals surface area contributed by atoms with Crippen molar-refractivity contribution in [1.82, 2.24) is 19.4 Å². The Balaban J connectivity index is 1.21. The quantitative estimate of drug-likeness (QED) is 0.497. The van der Waals surface area contributed by atoms with Crippen LogP contribution in [0, 0.1) is 5.92 Å². The summed E-state index contributed by atoms with van der Waals surface area (Å²) in [6, 6.07) is 8.35. The number of carbonyl (C=O) groups excluding carboxylic acids is 1. The molecule has 4 N–H and O–H groups in total. The van der Waals surface area contributed by atoms with Crippen LogP contribution in [0.15, 0.2) is 36.8 Å². The minimum Gasteiger partial charge on any atom is -0.491 e. The zero-order valence-electron chi connectivity index (χ0n) is 20.5. The summed E-state index contributed by atoms with van der Waals surface area (Å²) in [5, 5.41) is 0.880. The predicted molar refractivity (Wildman–Crippen MR) is 137 cm³/mol. The van der Waals surface area contributed by atoms with E-state index in [9.17, 15) is 4.79 Å². The zero-order chi connectivity index (χ0) is 24.6. The Kier molecular flexibility index (Phi) is 6.27. The number of amides is 1. The number of carbonyl (C=O) groups is 1. The number of nitrogens with zero attached hydrogens (tertiary/aromatic N) is 4. The van der Waals surface area contributed by atoms with E-state index < -0.39 is 0 Å². The molecule has 2 aliphatic heterocycles. The maximum Gasteiger partial charge on any atom is 0.234 e. The summed E-state index contributed by atoms with van der Waals surface area (Å²) in [7, 11) is 0. The number of aromatic nitrogens is 3. The first-order valence-electron chi connectivity index (χ1n) is 13.1. The largest absolute Gasteiger partial charge is 0.491 e. The summed E-state index contributed by atoms with van der Waals surface area (Å²) >= 11 is 0. The molecule has 1 aromatic carbocycles. The molecular formula is C27H34N6O3. The van der Waals surface area contributed by atoms with E-state index in [0.29, 0.717) is 24.4 Å². The molecular weight excluding hydrogens is 456 g/mol. The van der Waals surface area contributed by atoms with Gasteiger partial charge in [-0.15, -0.1) is 0 Å². The Morgan fingerprint density at radius 3 is 2.89 bits per heavy atom. The van der Waals surface area contributed by atoms with Crippen molar-refractivity contribution >= 4 is 22.8 Å². The minimum atomic E-state index is -0.196. The lowest BCUT2D eigenvalue weighted by Crippen LogP contribution is -2.44. The van der Waals surface area contributed by atoms with E-state index in [-0.39, 0.29) is 18.1 Å². The molecule has 4 heterocycles. The van der Waals surface area contributed by atoms with Gasteiger partial charge in [-0.1, -0.05) is 12.1 Å². The van der Waals surface area contributed by atoms with Crippen molar-refractivity contribution in [3.05, 3.63) is 36.8 Å². The number of primary amides is 1. The number of ether oxygens (including phenoxy) is 2. The fourth-order valence-corrected chi connectivity index (χ4v) is 6.10. The van der Waals surface area contributed by atoms with Gasteiger partial charge in [0.1, 0.15) is 30.1 Å². The maximum absolute atomic E-state index is 11.8. The van der Waals surface area contributed by atoms with Gasteiger partial charge in [0.25, 0.3) is 0 Å². The second-order valence-corrected chi connectivity index (χ2v) is 10.4. The second kappa shape index (κ2) is 9.71. The fraction of sp³-hybridized carbons (Fsp3) is 0.519. The van der Waals surface area contributed by atoms with E-state index >= 15 is 0 Å². The molecule has 3 aromatic rings. The first-order chi connectivity index (χ1) is 17.6. The van der Waals surface area contributed by atoms with Crippen molar-refractivity contribution in [3.63, 3.8) is 0 Å². The summed E-state index contributed by atoms with van der Waals surface area (Å²) in [5.74, 6) is 1.65. The smallest absolute Gasteiger partial charge is 0.234 e. The predicted octanol–water partition coefficient (Wildman–Crippen LogP) is 3.14. The molecule has 1 saturated carbocycles. The van der Waals surface area contributed by atoms with Crippen LogP contribution in [0.3, 0.4) is 0 Å². The molecule has 1 unspecified atom stereocenters. The van der Waals surface area contributed by atoms with Crippen LogP contribution >= 0.6 is 0 Å². The van der Waals surface area contributed by atoms with Gasteiger partial charge in [0.15, 0.2) is 0 Å². The number of anilines is 1. The normalized spacial score (nSPS) is 26.3. The fourth-order valence-electron chi connectivity index (χ4n) is 6.10. The number of benzene rings is 1. The third-order valence-corrected chi connectivity index (χ3v) is 8.03. The number of hydrogen-bond acceptors (Lipinski definition) is 7. The topological polar surface area (TPSA) is 122 Å². The van der Waals surface area contributed by atoms with E-state index in [1.165, 1.54) is 6.33 Å². The molecule has 2 aromatic heterocycles. The minimum absolute atomic E-state index is 0.106. The van der Waals surface area contributed by atoms with Crippen molar-refractivity contribution in [1.29, 1.82) is 0 Å². The van der Waals surface area contributed by atoms with Crippen molar-refractivity contribution in [2.24, 2.45) is 11.7 Å². The van der Waals surface area contributed by atoms with Crippen LogP contribution in [0.2, 0.25) is 0 Å². The van der Waals surface area contributed by atoms with Gasteiger partial charge in [0.2, 0.25) is 5.91 Å². The van der Waals surface area contributed by atoms with Gasteiger partial charge in [-0.2, -0.15) is 0 Å². The van der Waals surface area contributed by atoms with Gasteiger partial charge in [-0.3, -0.25) is 9.69 Å². The van der Waals surface area contributed by atoms with Crippen LogP contribution in [-0.2, 0) is 9.53 Å². The Morgan fingerprint density at radius 2 is 2.08 bits per heavy atom. The molecule has 0 spiro atoms. The average molecular weight is 491 g/mol. The molecule has 0 bridgehead atoms. The molecule has 1 amide bonds. The molecule has 9 nitrogen and oxygen atoms in total. The van der Waals surface area contributed by atoms with Gasteiger partial charge in [0, 0.05) is 31.0 Å². The second-order valence-electron chi connectivity index (χ2n) is 10.4. The Morgan fingerprint density at radius 1 is 1.19 bits per heavy atom.